The van der Waals surface area contributed by atoms with E-state index in [2.05, 4.69) is 0 Å². The quantitative estimate of drug-likeness (QED) is 0.574. The van der Waals surface area contributed by atoms with Crippen LogP contribution in [0.2, 0.25) is 0 Å². The largest absolute Gasteiger partial charge is 0.471 e. The summed E-state index contributed by atoms with van der Waals surface area (Å²) in [6.45, 7) is -0.0937. The normalized spacial score (nSPS) is 23.3. The van der Waals surface area contributed by atoms with Crippen LogP contribution in [0.4, 0.5) is 13.2 Å². The van der Waals surface area contributed by atoms with Crippen molar-refractivity contribution in [3.8, 4) is 0 Å². The lowest BCUT2D eigenvalue weighted by Crippen LogP contribution is -2.39. The predicted octanol–water partition coefficient (Wildman–Crippen LogP) is 0.596. The Morgan fingerprint density at radius 3 is 2.46 bits per heavy atom. The maximum atomic E-state index is 11.9. The van der Waals surface area contributed by atoms with Gasteiger partial charge in [0, 0.05) is 19.0 Å². The second kappa shape index (κ2) is 3.35. The number of likely N-dealkylation sites (tertiary alicyclic amines) is 1. The van der Waals surface area contributed by atoms with E-state index in [-0.39, 0.29) is 13.1 Å². The van der Waals surface area contributed by atoms with Crippen molar-refractivity contribution in [1.82, 2.24) is 4.90 Å². The maximum absolute atomic E-state index is 11.9. The molecule has 0 saturated carbocycles. The van der Waals surface area contributed by atoms with E-state index in [9.17, 15) is 22.8 Å². The van der Waals surface area contributed by atoms with Crippen LogP contribution in [0.5, 0.6) is 0 Å². The molecule has 1 aliphatic heterocycles. The van der Waals surface area contributed by atoms with Gasteiger partial charge < -0.3 is 9.69 Å². The number of halogens is 3. The van der Waals surface area contributed by atoms with Gasteiger partial charge >= 0.3 is 12.1 Å². The number of hydrogen-bond acceptors (Lipinski definition) is 2. The van der Waals surface area contributed by atoms with E-state index in [1.807, 2.05) is 0 Å². The van der Waals surface area contributed by atoms with Crippen molar-refractivity contribution in [2.24, 2.45) is 5.92 Å². The highest BCUT2D eigenvalue weighted by Crippen LogP contribution is 2.23. The minimum Gasteiger partial charge on any atom is -0.334 e. The fourth-order valence-electron chi connectivity index (χ4n) is 1.26. The molecule has 74 valence electrons. The monoisotopic (exact) mass is 195 g/mol. The molecular weight excluding hydrogens is 187 g/mol. The second-order valence-electron chi connectivity index (χ2n) is 2.93. The lowest BCUT2D eigenvalue weighted by molar-refractivity contribution is -0.184. The van der Waals surface area contributed by atoms with E-state index in [0.717, 1.165) is 0 Å². The molecule has 1 saturated heterocycles. The van der Waals surface area contributed by atoms with Crippen LogP contribution in [0.3, 0.4) is 0 Å². The first kappa shape index (κ1) is 10.0. The van der Waals surface area contributed by atoms with Crippen LogP contribution in [0.15, 0.2) is 0 Å². The summed E-state index contributed by atoms with van der Waals surface area (Å²) in [5.41, 5.74) is 0. The molecule has 0 aromatic rings. The van der Waals surface area contributed by atoms with Crippen LogP contribution >= 0.6 is 0 Å². The molecule has 0 radical (unpaired) electrons. The van der Waals surface area contributed by atoms with Crippen molar-refractivity contribution < 1.29 is 22.8 Å². The minimum atomic E-state index is -4.82. The van der Waals surface area contributed by atoms with Gasteiger partial charge in [0.05, 0.1) is 0 Å². The minimum absolute atomic E-state index is 0.0156. The molecule has 3 nitrogen and oxygen atoms in total. The standard InChI is InChI=1S/C7H8F3NO2/c8-7(9,10)6(13)11-2-1-5(3-11)4-12/h4-5H,1-3H2. The van der Waals surface area contributed by atoms with E-state index >= 15 is 0 Å². The van der Waals surface area contributed by atoms with Gasteiger partial charge in [-0.2, -0.15) is 13.2 Å². The third-order valence-electron chi connectivity index (χ3n) is 1.95. The molecule has 1 amide bonds. The summed E-state index contributed by atoms with van der Waals surface area (Å²) in [6, 6.07) is 0. The number of amides is 1. The van der Waals surface area contributed by atoms with Gasteiger partial charge in [0.25, 0.3) is 0 Å². The van der Waals surface area contributed by atoms with E-state index in [1.54, 1.807) is 0 Å². The molecule has 6 heteroatoms. The highest BCUT2D eigenvalue weighted by molar-refractivity contribution is 5.82. The van der Waals surface area contributed by atoms with E-state index in [4.69, 9.17) is 0 Å². The number of aldehydes is 1. The topological polar surface area (TPSA) is 37.4 Å². The van der Waals surface area contributed by atoms with Crippen molar-refractivity contribution >= 4 is 12.2 Å². The lowest BCUT2D eigenvalue weighted by Gasteiger charge is -2.16. The summed E-state index contributed by atoms with van der Waals surface area (Å²) >= 11 is 0. The number of carbonyl (C=O) groups is 2. The number of rotatable bonds is 1. The van der Waals surface area contributed by atoms with Crippen molar-refractivity contribution in [2.75, 3.05) is 13.1 Å². The van der Waals surface area contributed by atoms with Gasteiger partial charge in [-0.1, -0.05) is 0 Å². The first-order chi connectivity index (χ1) is 5.95. The smallest absolute Gasteiger partial charge is 0.334 e. The van der Waals surface area contributed by atoms with Gasteiger partial charge in [-0.3, -0.25) is 4.79 Å². The Morgan fingerprint density at radius 2 is 2.08 bits per heavy atom. The van der Waals surface area contributed by atoms with Gasteiger partial charge in [0.2, 0.25) is 0 Å². The zero-order chi connectivity index (χ0) is 10.1. The number of alkyl halides is 3. The predicted molar refractivity (Wildman–Crippen MR) is 36.8 cm³/mol. The average molecular weight is 195 g/mol. The summed E-state index contributed by atoms with van der Waals surface area (Å²) in [7, 11) is 0. The Kier molecular flexibility index (Phi) is 2.58. The molecule has 1 aliphatic rings. The van der Waals surface area contributed by atoms with Crippen molar-refractivity contribution in [2.45, 2.75) is 12.6 Å². The Hall–Kier alpha value is -1.07. The third kappa shape index (κ3) is 2.19. The molecular formula is C7H8F3NO2. The molecule has 1 atom stereocenters. The molecule has 1 heterocycles. The van der Waals surface area contributed by atoms with Gasteiger partial charge in [-0.25, -0.2) is 0 Å². The summed E-state index contributed by atoms with van der Waals surface area (Å²) in [5, 5.41) is 0. The first-order valence-electron chi connectivity index (χ1n) is 3.76. The van der Waals surface area contributed by atoms with Crippen LogP contribution < -0.4 is 0 Å². The lowest BCUT2D eigenvalue weighted by atomic mass is 10.1. The van der Waals surface area contributed by atoms with Crippen molar-refractivity contribution in [1.29, 1.82) is 0 Å². The Morgan fingerprint density at radius 1 is 1.46 bits per heavy atom. The fourth-order valence-corrected chi connectivity index (χ4v) is 1.26. The highest BCUT2D eigenvalue weighted by Gasteiger charge is 2.44. The molecule has 1 fully saturated rings. The van der Waals surface area contributed by atoms with Crippen LogP contribution in [0.25, 0.3) is 0 Å². The van der Waals surface area contributed by atoms with Gasteiger partial charge in [-0.15, -0.1) is 0 Å². The van der Waals surface area contributed by atoms with Gasteiger partial charge in [0.1, 0.15) is 6.29 Å². The molecule has 0 bridgehead atoms. The number of carbonyl (C=O) groups excluding carboxylic acids is 2. The molecule has 1 rings (SSSR count). The van der Waals surface area contributed by atoms with Gasteiger partial charge in [0.15, 0.2) is 0 Å². The van der Waals surface area contributed by atoms with Crippen LogP contribution in [-0.2, 0) is 9.59 Å². The van der Waals surface area contributed by atoms with Crippen molar-refractivity contribution in [3.63, 3.8) is 0 Å². The van der Waals surface area contributed by atoms with Crippen LogP contribution in [0.1, 0.15) is 6.42 Å². The summed E-state index contributed by atoms with van der Waals surface area (Å²) in [5.74, 6) is -2.29. The molecule has 1 unspecified atom stereocenters. The van der Waals surface area contributed by atoms with Crippen molar-refractivity contribution in [3.05, 3.63) is 0 Å². The molecule has 0 N–H and O–H groups in total. The first-order valence-corrected chi connectivity index (χ1v) is 3.76. The van der Waals surface area contributed by atoms with Crippen LogP contribution in [0, 0.1) is 5.92 Å². The summed E-state index contributed by atoms with van der Waals surface area (Å²) < 4.78 is 35.6. The fraction of sp³-hybridized carbons (Fsp3) is 0.714. The van der Waals surface area contributed by atoms with E-state index in [0.29, 0.717) is 17.6 Å². The second-order valence-corrected chi connectivity index (χ2v) is 2.93. The molecule has 13 heavy (non-hydrogen) atoms. The Balaban J connectivity index is 2.56. The molecule has 0 spiro atoms. The van der Waals surface area contributed by atoms with E-state index < -0.39 is 18.0 Å². The molecule has 0 aromatic heterocycles. The maximum Gasteiger partial charge on any atom is 0.471 e. The third-order valence-corrected chi connectivity index (χ3v) is 1.95. The van der Waals surface area contributed by atoms with E-state index in [1.165, 1.54) is 0 Å². The number of hydrogen-bond donors (Lipinski definition) is 0. The SMILES string of the molecule is O=CC1CCN(C(=O)C(F)(F)F)C1. The Bertz CT molecular complexity index is 226. The zero-order valence-electron chi connectivity index (χ0n) is 6.67. The summed E-state index contributed by atoms with van der Waals surface area (Å²) in [6.07, 6.45) is -3.91. The molecule has 0 aliphatic carbocycles. The Labute approximate surface area is 72.5 Å². The highest BCUT2D eigenvalue weighted by atomic mass is 19.4. The number of nitrogens with zero attached hydrogens (tertiary/aromatic N) is 1. The molecule has 0 aromatic carbocycles. The van der Waals surface area contributed by atoms with Crippen LogP contribution in [-0.4, -0.2) is 36.4 Å². The van der Waals surface area contributed by atoms with Gasteiger partial charge in [-0.05, 0) is 6.42 Å². The average Bonchev–Trinajstić information content (AvgIpc) is 2.48. The zero-order valence-corrected chi connectivity index (χ0v) is 6.67. The summed E-state index contributed by atoms with van der Waals surface area (Å²) in [4.78, 5) is 21.5.